The summed E-state index contributed by atoms with van der Waals surface area (Å²) in [4.78, 5) is 5.14. The maximum atomic E-state index is 10.4. The first-order chi connectivity index (χ1) is 11.2. The van der Waals surface area contributed by atoms with Crippen molar-refractivity contribution in [2.75, 3.05) is 31.6 Å². The van der Waals surface area contributed by atoms with Crippen LogP contribution in [0, 0.1) is 0 Å². The Hall–Kier alpha value is -0.770. The quantitative estimate of drug-likeness (QED) is 0.179. The Labute approximate surface area is 168 Å². The summed E-state index contributed by atoms with van der Waals surface area (Å²) in [5.74, 6) is 2.66. The molecule has 0 saturated carbocycles. The van der Waals surface area contributed by atoms with Crippen molar-refractivity contribution in [2.45, 2.75) is 6.10 Å². The minimum absolute atomic E-state index is 0. The number of hydrogen-bond acceptors (Lipinski definition) is 4. The molecule has 1 heterocycles. The Morgan fingerprint density at radius 2 is 2.21 bits per heavy atom. The zero-order chi connectivity index (χ0) is 16.5. The number of thiophene rings is 1. The monoisotopic (exact) mass is 477 g/mol. The van der Waals surface area contributed by atoms with Crippen LogP contribution in [-0.2, 0) is 0 Å². The highest BCUT2D eigenvalue weighted by molar-refractivity contribution is 14.0. The molecule has 1 aromatic heterocycles. The van der Waals surface area contributed by atoms with Gasteiger partial charge in [0, 0.05) is 41.2 Å². The van der Waals surface area contributed by atoms with Crippen LogP contribution >= 0.6 is 47.1 Å². The van der Waals surface area contributed by atoms with E-state index in [-0.39, 0.29) is 24.0 Å². The van der Waals surface area contributed by atoms with E-state index in [1.807, 2.05) is 30.0 Å². The van der Waals surface area contributed by atoms with Crippen LogP contribution in [0.2, 0.25) is 0 Å². The Bertz CT molecular complexity index is 627. The number of benzene rings is 1. The van der Waals surface area contributed by atoms with E-state index in [1.54, 1.807) is 18.4 Å². The van der Waals surface area contributed by atoms with Crippen molar-refractivity contribution in [3.05, 3.63) is 47.9 Å². The molecule has 0 amide bonds. The fourth-order valence-electron chi connectivity index (χ4n) is 2.09. The zero-order valence-electron chi connectivity index (χ0n) is 13.7. The molecule has 0 aliphatic carbocycles. The predicted molar refractivity (Wildman–Crippen MR) is 119 cm³/mol. The van der Waals surface area contributed by atoms with Crippen molar-refractivity contribution in [2.24, 2.45) is 4.99 Å². The van der Waals surface area contributed by atoms with E-state index in [4.69, 9.17) is 0 Å². The minimum atomic E-state index is -0.541. The van der Waals surface area contributed by atoms with Crippen LogP contribution in [0.5, 0.6) is 0 Å². The second-order valence-corrected chi connectivity index (χ2v) is 7.21. The summed E-state index contributed by atoms with van der Waals surface area (Å²) in [5.41, 5.74) is 0. The molecule has 4 nitrogen and oxygen atoms in total. The van der Waals surface area contributed by atoms with Crippen LogP contribution in [0.25, 0.3) is 10.1 Å². The smallest absolute Gasteiger partial charge is 0.191 e. The van der Waals surface area contributed by atoms with Gasteiger partial charge >= 0.3 is 0 Å². The van der Waals surface area contributed by atoms with Crippen LogP contribution in [0.3, 0.4) is 0 Å². The highest BCUT2D eigenvalue weighted by atomic mass is 127. The van der Waals surface area contributed by atoms with Crippen LogP contribution < -0.4 is 10.6 Å². The molecule has 0 saturated heterocycles. The lowest BCUT2D eigenvalue weighted by atomic mass is 10.2. The summed E-state index contributed by atoms with van der Waals surface area (Å²) in [7, 11) is 1.73. The number of aliphatic hydroxyl groups is 1. The molecule has 0 bridgehead atoms. The molecule has 24 heavy (non-hydrogen) atoms. The summed E-state index contributed by atoms with van der Waals surface area (Å²) in [6, 6.07) is 10.2. The van der Waals surface area contributed by atoms with Crippen molar-refractivity contribution < 1.29 is 5.11 Å². The molecule has 0 fully saturated rings. The molecule has 0 aliphatic heterocycles. The Kier molecular flexibility index (Phi) is 10.4. The number of aliphatic hydroxyl groups excluding tert-OH is 1. The molecule has 2 aromatic rings. The van der Waals surface area contributed by atoms with Gasteiger partial charge in [0.25, 0.3) is 0 Å². The maximum absolute atomic E-state index is 10.4. The van der Waals surface area contributed by atoms with Gasteiger partial charge in [0.05, 0.1) is 0 Å². The van der Waals surface area contributed by atoms with E-state index < -0.39 is 6.10 Å². The van der Waals surface area contributed by atoms with E-state index in [0.29, 0.717) is 12.5 Å². The third kappa shape index (κ3) is 6.62. The van der Waals surface area contributed by atoms with Gasteiger partial charge in [-0.15, -0.1) is 41.9 Å². The van der Waals surface area contributed by atoms with Crippen LogP contribution in [0.1, 0.15) is 11.0 Å². The van der Waals surface area contributed by atoms with Crippen molar-refractivity contribution in [3.8, 4) is 0 Å². The summed E-state index contributed by atoms with van der Waals surface area (Å²) in [5, 5.41) is 17.9. The number of nitrogens with zero attached hydrogens (tertiary/aromatic N) is 1. The van der Waals surface area contributed by atoms with Crippen molar-refractivity contribution >= 4 is 63.1 Å². The molecular formula is C17H24IN3OS2. The van der Waals surface area contributed by atoms with E-state index >= 15 is 0 Å². The molecule has 0 radical (unpaired) electrons. The van der Waals surface area contributed by atoms with Gasteiger partial charge < -0.3 is 15.7 Å². The average Bonchev–Trinajstić information content (AvgIpc) is 3.01. The molecule has 132 valence electrons. The van der Waals surface area contributed by atoms with Crippen molar-refractivity contribution in [3.63, 3.8) is 0 Å². The van der Waals surface area contributed by atoms with Gasteiger partial charge in [-0.05, 0) is 17.5 Å². The van der Waals surface area contributed by atoms with Gasteiger partial charge in [0.2, 0.25) is 0 Å². The fraction of sp³-hybridized carbons (Fsp3) is 0.353. The van der Waals surface area contributed by atoms with Crippen molar-refractivity contribution in [1.29, 1.82) is 0 Å². The summed E-state index contributed by atoms with van der Waals surface area (Å²) >= 11 is 3.45. The number of hydrogen-bond donors (Lipinski definition) is 3. The average molecular weight is 477 g/mol. The molecular weight excluding hydrogens is 453 g/mol. The largest absolute Gasteiger partial charge is 0.386 e. The Morgan fingerprint density at radius 1 is 1.42 bits per heavy atom. The van der Waals surface area contributed by atoms with Crippen molar-refractivity contribution in [1.82, 2.24) is 10.6 Å². The second kappa shape index (κ2) is 11.7. The van der Waals surface area contributed by atoms with Gasteiger partial charge in [-0.3, -0.25) is 4.99 Å². The van der Waals surface area contributed by atoms with E-state index in [1.165, 1.54) is 10.1 Å². The normalized spacial score (nSPS) is 12.5. The SMILES string of the molecule is C=CCSCCNC(=NC)NCC(O)c1cc2ccccc2s1.I. The topological polar surface area (TPSA) is 56.7 Å². The number of guanidine groups is 1. The van der Waals surface area contributed by atoms with E-state index in [9.17, 15) is 5.11 Å². The first-order valence-corrected chi connectivity index (χ1v) is 9.51. The molecule has 3 N–H and O–H groups in total. The predicted octanol–water partition coefficient (Wildman–Crippen LogP) is 3.64. The number of aliphatic imine (C=N–C) groups is 1. The molecule has 1 atom stereocenters. The van der Waals surface area contributed by atoms with Gasteiger partial charge in [0.1, 0.15) is 6.10 Å². The number of thioether (sulfide) groups is 1. The van der Waals surface area contributed by atoms with E-state index in [2.05, 4.69) is 40.4 Å². The minimum Gasteiger partial charge on any atom is -0.386 e. The summed E-state index contributed by atoms with van der Waals surface area (Å²) in [6.45, 7) is 4.97. The number of nitrogens with one attached hydrogen (secondary N) is 2. The van der Waals surface area contributed by atoms with Gasteiger partial charge in [-0.25, -0.2) is 0 Å². The molecule has 1 aromatic carbocycles. The first-order valence-electron chi connectivity index (χ1n) is 7.54. The highest BCUT2D eigenvalue weighted by Gasteiger charge is 2.11. The van der Waals surface area contributed by atoms with Crippen LogP contribution in [-0.4, -0.2) is 42.7 Å². The Morgan fingerprint density at radius 3 is 2.92 bits per heavy atom. The van der Waals surface area contributed by atoms with E-state index in [0.717, 1.165) is 22.9 Å². The Balaban J connectivity index is 0.00000288. The molecule has 0 spiro atoms. The lowest BCUT2D eigenvalue weighted by molar-refractivity contribution is 0.184. The molecule has 7 heteroatoms. The lowest BCUT2D eigenvalue weighted by Gasteiger charge is -2.14. The second-order valence-electron chi connectivity index (χ2n) is 4.95. The summed E-state index contributed by atoms with van der Waals surface area (Å²) in [6.07, 6.45) is 1.36. The first kappa shape index (κ1) is 21.3. The fourth-order valence-corrected chi connectivity index (χ4v) is 3.72. The van der Waals surface area contributed by atoms with Crippen LogP contribution in [0.4, 0.5) is 0 Å². The molecule has 2 rings (SSSR count). The summed E-state index contributed by atoms with van der Waals surface area (Å²) < 4.78 is 1.20. The standard InChI is InChI=1S/C17H23N3OS2.HI/c1-3-9-22-10-8-19-17(18-2)20-12-14(21)16-11-13-6-4-5-7-15(13)23-16;/h3-7,11,14,21H,1,8-10,12H2,2H3,(H2,18,19,20);1H. The zero-order valence-corrected chi connectivity index (χ0v) is 17.7. The molecule has 1 unspecified atom stereocenters. The van der Waals surface area contributed by atoms with Gasteiger partial charge in [-0.1, -0.05) is 24.3 Å². The maximum Gasteiger partial charge on any atom is 0.191 e. The number of fused-ring (bicyclic) bond motifs is 1. The van der Waals surface area contributed by atoms with Gasteiger partial charge in [-0.2, -0.15) is 11.8 Å². The number of halogens is 1. The van der Waals surface area contributed by atoms with Gasteiger partial charge in [0.15, 0.2) is 5.96 Å². The lowest BCUT2D eigenvalue weighted by Crippen LogP contribution is -2.40. The third-order valence-electron chi connectivity index (χ3n) is 3.23. The highest BCUT2D eigenvalue weighted by Crippen LogP contribution is 2.29. The third-order valence-corrected chi connectivity index (χ3v) is 5.42. The van der Waals surface area contributed by atoms with Crippen LogP contribution in [0.15, 0.2) is 48.0 Å². The molecule has 0 aliphatic rings. The number of rotatable bonds is 8.